The highest BCUT2D eigenvalue weighted by molar-refractivity contribution is 7.10. The molecule has 0 saturated carbocycles. The van der Waals surface area contributed by atoms with E-state index in [2.05, 4.69) is 5.32 Å². The standard InChI is InChI=1S/C25H27F2N3O2S/c1-17(2)30(25(32)28-22-10-9-20(26)13-21(22)27)16-24(31)29(14-19-7-5-4-6-8-19)15-23-18(3)11-12-33-23/h4-13,17H,14-16H2,1-3H3,(H,28,32). The van der Waals surface area contributed by atoms with E-state index < -0.39 is 17.7 Å². The topological polar surface area (TPSA) is 52.7 Å². The number of thiophene rings is 1. The van der Waals surface area contributed by atoms with Gasteiger partial charge < -0.3 is 15.1 Å². The molecule has 1 aromatic heterocycles. The lowest BCUT2D eigenvalue weighted by Gasteiger charge is -2.30. The summed E-state index contributed by atoms with van der Waals surface area (Å²) in [6.07, 6.45) is 0. The minimum absolute atomic E-state index is 0.144. The van der Waals surface area contributed by atoms with Gasteiger partial charge in [0.05, 0.1) is 12.2 Å². The third-order valence-electron chi connectivity index (χ3n) is 5.23. The van der Waals surface area contributed by atoms with Crippen molar-refractivity contribution in [3.63, 3.8) is 0 Å². The maximum atomic E-state index is 14.0. The fraction of sp³-hybridized carbons (Fsp3) is 0.280. The summed E-state index contributed by atoms with van der Waals surface area (Å²) in [7, 11) is 0. The van der Waals surface area contributed by atoms with Crippen LogP contribution in [0, 0.1) is 18.6 Å². The molecule has 0 radical (unpaired) electrons. The molecule has 174 valence electrons. The lowest BCUT2D eigenvalue weighted by Crippen LogP contribution is -2.47. The quantitative estimate of drug-likeness (QED) is 0.451. The highest BCUT2D eigenvalue weighted by Gasteiger charge is 2.25. The highest BCUT2D eigenvalue weighted by atomic mass is 32.1. The molecule has 0 aliphatic carbocycles. The number of anilines is 1. The molecule has 0 spiro atoms. The van der Waals surface area contributed by atoms with Crippen LogP contribution in [0.4, 0.5) is 19.3 Å². The van der Waals surface area contributed by atoms with Gasteiger partial charge in [0.2, 0.25) is 5.91 Å². The number of hydrogen-bond donors (Lipinski definition) is 1. The number of amides is 3. The molecule has 0 fully saturated rings. The Balaban J connectivity index is 1.77. The fourth-order valence-electron chi connectivity index (χ4n) is 3.29. The maximum absolute atomic E-state index is 14.0. The second-order valence-corrected chi connectivity index (χ2v) is 9.04. The monoisotopic (exact) mass is 471 g/mol. The number of carbonyl (C=O) groups is 2. The van der Waals surface area contributed by atoms with E-state index in [-0.39, 0.29) is 24.2 Å². The third-order valence-corrected chi connectivity index (χ3v) is 6.24. The van der Waals surface area contributed by atoms with Crippen molar-refractivity contribution in [2.45, 2.75) is 39.9 Å². The van der Waals surface area contributed by atoms with Crippen LogP contribution in [-0.2, 0) is 17.9 Å². The Labute approximate surface area is 196 Å². The Hall–Kier alpha value is -3.26. The maximum Gasteiger partial charge on any atom is 0.322 e. The Morgan fingerprint density at radius 1 is 1.03 bits per heavy atom. The number of rotatable bonds is 8. The van der Waals surface area contributed by atoms with Crippen molar-refractivity contribution in [3.05, 3.63) is 87.6 Å². The number of hydrogen-bond acceptors (Lipinski definition) is 3. The van der Waals surface area contributed by atoms with Gasteiger partial charge in [0.1, 0.15) is 18.2 Å². The van der Waals surface area contributed by atoms with E-state index in [9.17, 15) is 18.4 Å². The second-order valence-electron chi connectivity index (χ2n) is 8.04. The first-order chi connectivity index (χ1) is 15.7. The zero-order chi connectivity index (χ0) is 24.0. The first-order valence-corrected chi connectivity index (χ1v) is 11.5. The zero-order valence-electron chi connectivity index (χ0n) is 18.8. The molecule has 3 rings (SSSR count). The van der Waals surface area contributed by atoms with Gasteiger partial charge in [-0.2, -0.15) is 0 Å². The Bertz CT molecular complexity index is 1100. The van der Waals surface area contributed by atoms with Crippen LogP contribution in [0.15, 0.2) is 60.0 Å². The minimum Gasteiger partial charge on any atom is -0.332 e. The van der Waals surface area contributed by atoms with Gasteiger partial charge in [-0.05, 0) is 55.5 Å². The number of benzene rings is 2. The van der Waals surface area contributed by atoms with Crippen LogP contribution < -0.4 is 5.32 Å². The summed E-state index contributed by atoms with van der Waals surface area (Å²) in [6.45, 7) is 6.21. The Kier molecular flexibility index (Phi) is 8.16. The van der Waals surface area contributed by atoms with E-state index >= 15 is 0 Å². The molecule has 1 heterocycles. The average molecular weight is 472 g/mol. The van der Waals surface area contributed by atoms with Crippen molar-refractivity contribution < 1.29 is 18.4 Å². The number of nitrogens with one attached hydrogen (secondary N) is 1. The van der Waals surface area contributed by atoms with Crippen molar-refractivity contribution in [3.8, 4) is 0 Å². The normalized spacial score (nSPS) is 10.8. The van der Waals surface area contributed by atoms with Crippen LogP contribution in [0.5, 0.6) is 0 Å². The molecule has 0 saturated heterocycles. The van der Waals surface area contributed by atoms with Gasteiger partial charge in [-0.25, -0.2) is 13.6 Å². The molecular formula is C25H27F2N3O2S. The molecule has 5 nitrogen and oxygen atoms in total. The first kappa shape index (κ1) is 24.4. The van der Waals surface area contributed by atoms with Gasteiger partial charge in [-0.3, -0.25) is 4.79 Å². The average Bonchev–Trinajstić information content (AvgIpc) is 3.18. The summed E-state index contributed by atoms with van der Waals surface area (Å²) in [5.74, 6) is -1.84. The molecule has 33 heavy (non-hydrogen) atoms. The SMILES string of the molecule is Cc1ccsc1CN(Cc1ccccc1)C(=O)CN(C(=O)Nc1ccc(F)cc1F)C(C)C. The summed E-state index contributed by atoms with van der Waals surface area (Å²) in [6, 6.07) is 13.6. The van der Waals surface area contributed by atoms with Crippen LogP contribution in [0.2, 0.25) is 0 Å². The molecule has 0 atom stereocenters. The molecule has 0 unspecified atom stereocenters. The first-order valence-electron chi connectivity index (χ1n) is 10.6. The van der Waals surface area contributed by atoms with Crippen molar-refractivity contribution in [1.82, 2.24) is 9.80 Å². The number of nitrogens with zero attached hydrogens (tertiary/aromatic N) is 2. The molecular weight excluding hydrogens is 444 g/mol. The summed E-state index contributed by atoms with van der Waals surface area (Å²) in [4.78, 5) is 30.4. The van der Waals surface area contributed by atoms with Gasteiger partial charge in [0, 0.05) is 23.5 Å². The summed E-state index contributed by atoms with van der Waals surface area (Å²) in [5.41, 5.74) is 1.94. The van der Waals surface area contributed by atoms with E-state index in [1.54, 1.807) is 30.1 Å². The molecule has 0 bridgehead atoms. The number of carbonyl (C=O) groups excluding carboxylic acids is 2. The lowest BCUT2D eigenvalue weighted by atomic mass is 10.2. The van der Waals surface area contributed by atoms with Crippen molar-refractivity contribution >= 4 is 29.0 Å². The molecule has 2 aromatic carbocycles. The molecule has 3 amide bonds. The Morgan fingerprint density at radius 2 is 1.76 bits per heavy atom. The summed E-state index contributed by atoms with van der Waals surface area (Å²) < 4.78 is 27.2. The van der Waals surface area contributed by atoms with Crippen LogP contribution in [0.1, 0.15) is 29.9 Å². The second kappa shape index (κ2) is 11.0. The fourth-order valence-corrected chi connectivity index (χ4v) is 4.21. The van der Waals surface area contributed by atoms with E-state index in [0.29, 0.717) is 19.2 Å². The number of aryl methyl sites for hydroxylation is 1. The van der Waals surface area contributed by atoms with Gasteiger partial charge in [-0.1, -0.05) is 30.3 Å². The van der Waals surface area contributed by atoms with E-state index in [4.69, 9.17) is 0 Å². The summed E-state index contributed by atoms with van der Waals surface area (Å²) >= 11 is 1.58. The smallest absolute Gasteiger partial charge is 0.322 e. The lowest BCUT2D eigenvalue weighted by molar-refractivity contribution is -0.133. The Morgan fingerprint density at radius 3 is 2.36 bits per heavy atom. The van der Waals surface area contributed by atoms with Crippen molar-refractivity contribution in [2.75, 3.05) is 11.9 Å². The van der Waals surface area contributed by atoms with Crippen LogP contribution in [0.25, 0.3) is 0 Å². The molecule has 3 aromatic rings. The van der Waals surface area contributed by atoms with Crippen LogP contribution >= 0.6 is 11.3 Å². The predicted octanol–water partition coefficient (Wildman–Crippen LogP) is 5.81. The van der Waals surface area contributed by atoms with Crippen molar-refractivity contribution in [1.29, 1.82) is 0 Å². The van der Waals surface area contributed by atoms with Gasteiger partial charge in [-0.15, -0.1) is 11.3 Å². The molecule has 8 heteroatoms. The predicted molar refractivity (Wildman–Crippen MR) is 127 cm³/mol. The summed E-state index contributed by atoms with van der Waals surface area (Å²) in [5, 5.41) is 4.43. The minimum atomic E-state index is -0.878. The van der Waals surface area contributed by atoms with Gasteiger partial charge in [0.25, 0.3) is 0 Å². The number of halogens is 2. The highest BCUT2D eigenvalue weighted by Crippen LogP contribution is 2.20. The van der Waals surface area contributed by atoms with Gasteiger partial charge in [0.15, 0.2) is 0 Å². The molecule has 1 N–H and O–H groups in total. The van der Waals surface area contributed by atoms with Gasteiger partial charge >= 0.3 is 6.03 Å². The molecule has 0 aliphatic heterocycles. The number of urea groups is 1. The van der Waals surface area contributed by atoms with E-state index in [1.165, 1.54) is 4.90 Å². The zero-order valence-corrected chi connectivity index (χ0v) is 19.7. The van der Waals surface area contributed by atoms with Crippen molar-refractivity contribution in [2.24, 2.45) is 0 Å². The van der Waals surface area contributed by atoms with Crippen LogP contribution in [0.3, 0.4) is 0 Å². The van der Waals surface area contributed by atoms with E-state index in [0.717, 1.165) is 28.1 Å². The largest absolute Gasteiger partial charge is 0.332 e. The van der Waals surface area contributed by atoms with Crippen LogP contribution in [-0.4, -0.2) is 34.3 Å². The van der Waals surface area contributed by atoms with E-state index in [1.807, 2.05) is 48.7 Å². The molecule has 0 aliphatic rings. The third kappa shape index (κ3) is 6.61.